The first kappa shape index (κ1) is 14.8. The number of thiocarbonyl (C=S) groups is 1. The Labute approximate surface area is 97.9 Å². The molecule has 0 aliphatic heterocycles. The smallest absolute Gasteiger partial charge is 0.223 e. The minimum atomic E-state index is -3.39. The van der Waals surface area contributed by atoms with Gasteiger partial charge in [0.05, 0.1) is 4.99 Å². The summed E-state index contributed by atoms with van der Waals surface area (Å²) in [6, 6.07) is -0.0663. The second-order valence-corrected chi connectivity index (χ2v) is 6.18. The Hall–Kier alpha value is -0.200. The highest BCUT2D eigenvalue weighted by Crippen LogP contribution is 2.15. The van der Waals surface area contributed by atoms with Gasteiger partial charge < -0.3 is 5.73 Å². The molecule has 0 aromatic carbocycles. The van der Waals surface area contributed by atoms with Crippen molar-refractivity contribution in [2.24, 2.45) is 5.73 Å². The minimum absolute atomic E-state index is 0.0524. The van der Waals surface area contributed by atoms with Gasteiger partial charge in [-0.1, -0.05) is 26.1 Å². The molecule has 0 saturated carbocycles. The van der Waals surface area contributed by atoms with Gasteiger partial charge in [0.2, 0.25) is 10.0 Å². The number of sulfonamides is 1. The molecule has 0 aromatic rings. The van der Waals surface area contributed by atoms with Crippen LogP contribution in [0.5, 0.6) is 0 Å². The third kappa shape index (κ3) is 3.39. The standard InChI is InChI=1S/C9H20N2O2S2/c1-5-8(9(10)14)15(12,13)11(6-2)7(3)4/h7-8H,5-6H2,1-4H3,(H2,10,14). The number of nitrogens with zero attached hydrogens (tertiary/aromatic N) is 1. The third-order valence-corrected chi connectivity index (χ3v) is 5.34. The van der Waals surface area contributed by atoms with E-state index in [0.29, 0.717) is 13.0 Å². The molecule has 0 aliphatic carbocycles. The maximum atomic E-state index is 12.1. The SMILES string of the molecule is CCC(C(N)=S)S(=O)(=O)N(CC)C(C)C. The summed E-state index contributed by atoms with van der Waals surface area (Å²) in [5, 5.41) is -0.741. The molecule has 0 aromatic heterocycles. The summed E-state index contributed by atoms with van der Waals surface area (Å²) in [7, 11) is -3.39. The lowest BCUT2D eigenvalue weighted by Crippen LogP contribution is -2.47. The molecular formula is C9H20N2O2S2. The van der Waals surface area contributed by atoms with Gasteiger partial charge in [-0.05, 0) is 20.3 Å². The van der Waals surface area contributed by atoms with Gasteiger partial charge in [0.1, 0.15) is 5.25 Å². The van der Waals surface area contributed by atoms with E-state index in [1.807, 2.05) is 20.8 Å². The number of rotatable bonds is 6. The normalized spacial score (nSPS) is 14.5. The molecule has 0 amide bonds. The molecule has 2 N–H and O–H groups in total. The van der Waals surface area contributed by atoms with Crippen molar-refractivity contribution in [1.29, 1.82) is 0 Å². The van der Waals surface area contributed by atoms with Crippen molar-refractivity contribution >= 4 is 27.2 Å². The van der Waals surface area contributed by atoms with E-state index >= 15 is 0 Å². The van der Waals surface area contributed by atoms with E-state index in [1.165, 1.54) is 4.31 Å². The summed E-state index contributed by atoms with van der Waals surface area (Å²) in [4.78, 5) is 0.0524. The third-order valence-electron chi connectivity index (χ3n) is 2.26. The average Bonchev–Trinajstić information content (AvgIpc) is 2.02. The highest BCUT2D eigenvalue weighted by Gasteiger charge is 2.33. The van der Waals surface area contributed by atoms with Crippen molar-refractivity contribution < 1.29 is 8.42 Å². The van der Waals surface area contributed by atoms with Crippen molar-refractivity contribution in [2.75, 3.05) is 6.54 Å². The first-order valence-electron chi connectivity index (χ1n) is 5.08. The molecule has 0 radical (unpaired) electrons. The fraction of sp³-hybridized carbons (Fsp3) is 0.889. The second-order valence-electron chi connectivity index (χ2n) is 3.64. The molecule has 0 spiro atoms. The summed E-state index contributed by atoms with van der Waals surface area (Å²) in [5.41, 5.74) is 5.45. The van der Waals surface area contributed by atoms with Crippen LogP contribution < -0.4 is 5.73 Å². The predicted molar refractivity (Wildman–Crippen MR) is 67.3 cm³/mol. The zero-order valence-electron chi connectivity index (χ0n) is 9.73. The Morgan fingerprint density at radius 3 is 2.07 bits per heavy atom. The van der Waals surface area contributed by atoms with Crippen LogP contribution in [0.1, 0.15) is 34.1 Å². The van der Waals surface area contributed by atoms with Crippen LogP contribution in [0.4, 0.5) is 0 Å². The fourth-order valence-corrected chi connectivity index (χ4v) is 4.08. The summed E-state index contributed by atoms with van der Waals surface area (Å²) in [6.45, 7) is 7.71. The van der Waals surface area contributed by atoms with E-state index < -0.39 is 15.3 Å². The van der Waals surface area contributed by atoms with E-state index in [9.17, 15) is 8.42 Å². The fourth-order valence-electron chi connectivity index (χ4n) is 1.56. The number of hydrogen-bond acceptors (Lipinski definition) is 3. The van der Waals surface area contributed by atoms with Crippen LogP contribution in [0.15, 0.2) is 0 Å². The molecule has 1 atom stereocenters. The highest BCUT2D eigenvalue weighted by molar-refractivity contribution is 7.92. The van der Waals surface area contributed by atoms with Crippen LogP contribution in [-0.4, -0.2) is 35.5 Å². The van der Waals surface area contributed by atoms with Crippen LogP contribution in [0.3, 0.4) is 0 Å². The maximum absolute atomic E-state index is 12.1. The van der Waals surface area contributed by atoms with Crippen molar-refractivity contribution in [2.45, 2.75) is 45.4 Å². The van der Waals surface area contributed by atoms with E-state index in [1.54, 1.807) is 6.92 Å². The van der Waals surface area contributed by atoms with E-state index in [-0.39, 0.29) is 11.0 Å². The van der Waals surface area contributed by atoms with Crippen molar-refractivity contribution in [3.05, 3.63) is 0 Å². The van der Waals surface area contributed by atoms with Crippen molar-refractivity contribution in [3.8, 4) is 0 Å². The van der Waals surface area contributed by atoms with Crippen LogP contribution in [0.25, 0.3) is 0 Å². The van der Waals surface area contributed by atoms with Crippen molar-refractivity contribution in [1.82, 2.24) is 4.31 Å². The lowest BCUT2D eigenvalue weighted by Gasteiger charge is -2.28. The Bertz CT molecular complexity index is 312. The lowest BCUT2D eigenvalue weighted by atomic mass is 10.3. The minimum Gasteiger partial charge on any atom is -0.392 e. The Kier molecular flexibility index (Phi) is 5.69. The number of hydrogen-bond donors (Lipinski definition) is 1. The molecule has 4 nitrogen and oxygen atoms in total. The second kappa shape index (κ2) is 5.77. The quantitative estimate of drug-likeness (QED) is 0.719. The Balaban J connectivity index is 5.17. The summed E-state index contributed by atoms with van der Waals surface area (Å²) in [6.07, 6.45) is 0.418. The molecular weight excluding hydrogens is 232 g/mol. The first-order chi connectivity index (χ1) is 6.78. The first-order valence-corrected chi connectivity index (χ1v) is 7.00. The largest absolute Gasteiger partial charge is 0.392 e. The van der Waals surface area contributed by atoms with Gasteiger partial charge in [-0.3, -0.25) is 0 Å². The molecule has 0 saturated heterocycles. The van der Waals surface area contributed by atoms with Gasteiger partial charge in [-0.25, -0.2) is 8.42 Å². The van der Waals surface area contributed by atoms with Gasteiger partial charge in [0.25, 0.3) is 0 Å². The average molecular weight is 252 g/mol. The van der Waals surface area contributed by atoms with Gasteiger partial charge in [0, 0.05) is 12.6 Å². The Morgan fingerprint density at radius 1 is 1.40 bits per heavy atom. The topological polar surface area (TPSA) is 63.4 Å². The van der Waals surface area contributed by atoms with Crippen LogP contribution in [0.2, 0.25) is 0 Å². The molecule has 0 heterocycles. The predicted octanol–water partition coefficient (Wildman–Crippen LogP) is 1.11. The zero-order chi connectivity index (χ0) is 12.2. The molecule has 0 aliphatic rings. The number of nitrogens with two attached hydrogens (primary N) is 1. The van der Waals surface area contributed by atoms with Crippen molar-refractivity contribution in [3.63, 3.8) is 0 Å². The Morgan fingerprint density at radius 2 is 1.87 bits per heavy atom. The molecule has 0 bridgehead atoms. The highest BCUT2D eigenvalue weighted by atomic mass is 32.2. The molecule has 6 heteroatoms. The van der Waals surface area contributed by atoms with Gasteiger partial charge in [0.15, 0.2) is 0 Å². The molecule has 15 heavy (non-hydrogen) atoms. The lowest BCUT2D eigenvalue weighted by molar-refractivity contribution is 0.366. The molecule has 0 fully saturated rings. The van der Waals surface area contributed by atoms with E-state index in [0.717, 1.165) is 0 Å². The zero-order valence-corrected chi connectivity index (χ0v) is 11.4. The summed E-state index contributed by atoms with van der Waals surface area (Å²) >= 11 is 4.79. The maximum Gasteiger partial charge on any atom is 0.223 e. The molecule has 90 valence electrons. The molecule has 1 unspecified atom stereocenters. The summed E-state index contributed by atoms with van der Waals surface area (Å²) in [5.74, 6) is 0. The van der Waals surface area contributed by atoms with Crippen LogP contribution >= 0.6 is 12.2 Å². The van der Waals surface area contributed by atoms with E-state index in [4.69, 9.17) is 18.0 Å². The summed E-state index contributed by atoms with van der Waals surface area (Å²) < 4.78 is 25.7. The van der Waals surface area contributed by atoms with Gasteiger partial charge >= 0.3 is 0 Å². The van der Waals surface area contributed by atoms with E-state index in [2.05, 4.69) is 0 Å². The van der Waals surface area contributed by atoms with Crippen LogP contribution in [0, 0.1) is 0 Å². The molecule has 0 rings (SSSR count). The van der Waals surface area contributed by atoms with Gasteiger partial charge in [-0.15, -0.1) is 0 Å². The van der Waals surface area contributed by atoms with Gasteiger partial charge in [-0.2, -0.15) is 4.31 Å². The monoisotopic (exact) mass is 252 g/mol. The van der Waals surface area contributed by atoms with Crippen LogP contribution in [-0.2, 0) is 10.0 Å².